The number of ketones is 2. The standard InChI is InChI=1S/C34H61N6O9P/c1-11-27(43)34(7)30(40(32(44)49-34)15-13-12-14-37-38-35)24(5)36-20-21(2)19-33(6,46-10)28(18-25(42)16-22(3)41)48-31-29(50-45)26(39(8)9)17-23(4)47-31/h21,23-24,26-31,36,43H,11-20H2,1-10H3/t21-,23?,24-,26?,27-,28-,29?,30-,31+,33-,34-/m1/s1. The largest absolute Gasteiger partial charge is 0.438 e. The first kappa shape index (κ1) is 43.9. The molecule has 286 valence electrons. The molecule has 2 aliphatic heterocycles. The predicted molar refractivity (Wildman–Crippen MR) is 189 cm³/mol. The number of amides is 1. The molecule has 2 saturated heterocycles. The van der Waals surface area contributed by atoms with Crippen LogP contribution in [0.25, 0.3) is 10.4 Å². The molecule has 2 aliphatic rings. The average Bonchev–Trinajstić information content (AvgIpc) is 3.31. The quantitative estimate of drug-likeness (QED) is 0.0364. The first-order valence-corrected chi connectivity index (χ1v) is 18.6. The maximum atomic E-state index is 13.1. The van der Waals surface area contributed by atoms with Crippen molar-refractivity contribution in [3.05, 3.63) is 10.4 Å². The van der Waals surface area contributed by atoms with Crippen molar-refractivity contribution in [1.29, 1.82) is 0 Å². The minimum atomic E-state index is -1.15. The number of Topliss-reactive ketones (excluding diaryl/α,β-unsaturated/α-hetero) is 2. The van der Waals surface area contributed by atoms with Gasteiger partial charge in [-0.3, -0.25) is 19.1 Å². The topological polar surface area (TPSA) is 193 Å². The number of cyclic esters (lactones) is 1. The summed E-state index contributed by atoms with van der Waals surface area (Å²) < 4.78 is 37.1. The van der Waals surface area contributed by atoms with E-state index in [4.69, 9.17) is 24.5 Å². The third-order valence-corrected chi connectivity index (χ3v) is 11.0. The number of hydrogen-bond acceptors (Lipinski definition) is 12. The Balaban J connectivity index is 2.28. The van der Waals surface area contributed by atoms with E-state index in [0.717, 1.165) is 0 Å². The summed E-state index contributed by atoms with van der Waals surface area (Å²) in [5, 5.41) is 18.1. The molecule has 2 heterocycles. The van der Waals surface area contributed by atoms with Crippen molar-refractivity contribution >= 4 is 26.1 Å². The molecular formula is C34H61N6O9P. The van der Waals surface area contributed by atoms with Gasteiger partial charge in [-0.1, -0.05) is 19.0 Å². The summed E-state index contributed by atoms with van der Waals surface area (Å²) in [6.45, 7) is 14.0. The average molecular weight is 729 g/mol. The van der Waals surface area contributed by atoms with Gasteiger partial charge in [-0.05, 0) is 98.8 Å². The zero-order chi connectivity index (χ0) is 37.8. The van der Waals surface area contributed by atoms with Crippen LogP contribution in [0, 0.1) is 5.92 Å². The number of unbranched alkanes of at least 4 members (excludes halogenated alkanes) is 1. The second-order valence-electron chi connectivity index (χ2n) is 14.7. The van der Waals surface area contributed by atoms with E-state index in [1.807, 2.05) is 53.6 Å². The van der Waals surface area contributed by atoms with E-state index in [1.165, 1.54) is 6.92 Å². The second-order valence-corrected chi connectivity index (χ2v) is 15.5. The molecule has 0 aliphatic carbocycles. The molecular weight excluding hydrogens is 667 g/mol. The number of aliphatic hydroxyl groups excluding tert-OH is 1. The van der Waals surface area contributed by atoms with Crippen LogP contribution in [0.15, 0.2) is 5.11 Å². The normalized spacial score (nSPS) is 29.2. The summed E-state index contributed by atoms with van der Waals surface area (Å²) in [5.41, 5.74) is 5.93. The fourth-order valence-corrected chi connectivity index (χ4v) is 8.19. The van der Waals surface area contributed by atoms with Gasteiger partial charge in [0.25, 0.3) is 0 Å². The van der Waals surface area contributed by atoms with Crippen molar-refractivity contribution in [2.75, 3.05) is 40.8 Å². The van der Waals surface area contributed by atoms with Crippen LogP contribution in [-0.4, -0.2) is 133 Å². The van der Waals surface area contributed by atoms with E-state index in [0.29, 0.717) is 51.7 Å². The Morgan fingerprint density at radius 3 is 2.56 bits per heavy atom. The van der Waals surface area contributed by atoms with Crippen LogP contribution in [0.5, 0.6) is 0 Å². The molecule has 11 atom stereocenters. The van der Waals surface area contributed by atoms with Gasteiger partial charge in [0.1, 0.15) is 17.2 Å². The molecule has 0 aromatic rings. The molecule has 0 aromatic carbocycles. The van der Waals surface area contributed by atoms with E-state index in [9.17, 15) is 24.1 Å². The molecule has 0 bridgehead atoms. The zero-order valence-electron chi connectivity index (χ0n) is 31.7. The molecule has 2 fully saturated rings. The number of hydrogen-bond donors (Lipinski definition) is 2. The highest BCUT2D eigenvalue weighted by Crippen LogP contribution is 2.38. The van der Waals surface area contributed by atoms with Crippen molar-refractivity contribution in [3.63, 3.8) is 0 Å². The van der Waals surface area contributed by atoms with Gasteiger partial charge in [0.2, 0.25) is 0 Å². The number of carbonyl (C=O) groups excluding carboxylic acids is 3. The van der Waals surface area contributed by atoms with E-state index >= 15 is 0 Å². The number of aliphatic hydroxyl groups is 1. The SMILES string of the molecule is CC[C@@H](O)[C@@]1(C)OC(=O)N(CCCCN=[N+]=[N-])[C@@H]1[C@@H](C)NC[C@H](C)C[C@@](C)(OC)[C@@H](CC(=O)CC(C)=O)O[C@@H]1OC(C)CC(N(C)C)C1P=O. The third-order valence-electron chi connectivity index (χ3n) is 10.2. The monoisotopic (exact) mass is 728 g/mol. The maximum Gasteiger partial charge on any atom is 0.410 e. The first-order valence-electron chi connectivity index (χ1n) is 17.8. The number of ether oxygens (including phenoxy) is 4. The Morgan fingerprint density at radius 1 is 1.32 bits per heavy atom. The highest BCUT2D eigenvalue weighted by atomic mass is 31.1. The summed E-state index contributed by atoms with van der Waals surface area (Å²) in [4.78, 5) is 44.5. The van der Waals surface area contributed by atoms with Gasteiger partial charge in [0.15, 0.2) is 20.4 Å². The first-order chi connectivity index (χ1) is 23.5. The minimum absolute atomic E-state index is 0.0387. The second kappa shape index (κ2) is 20.1. The Kier molecular flexibility index (Phi) is 17.7. The van der Waals surface area contributed by atoms with Crippen LogP contribution < -0.4 is 5.32 Å². The summed E-state index contributed by atoms with van der Waals surface area (Å²) in [6, 6.07) is -0.852. The molecule has 2 rings (SSSR count). The van der Waals surface area contributed by atoms with Crippen molar-refractivity contribution in [1.82, 2.24) is 15.1 Å². The van der Waals surface area contributed by atoms with Gasteiger partial charge in [-0.25, -0.2) is 4.79 Å². The molecule has 0 saturated carbocycles. The predicted octanol–water partition coefficient (Wildman–Crippen LogP) is 4.89. The number of nitrogens with one attached hydrogen (secondary N) is 1. The van der Waals surface area contributed by atoms with Gasteiger partial charge in [-0.15, -0.1) is 0 Å². The lowest BCUT2D eigenvalue weighted by Crippen LogP contribution is -2.60. The van der Waals surface area contributed by atoms with E-state index in [-0.39, 0.29) is 57.0 Å². The molecule has 15 nitrogen and oxygen atoms in total. The van der Waals surface area contributed by atoms with Crippen LogP contribution in [-0.2, 0) is 33.1 Å². The van der Waals surface area contributed by atoms with Gasteiger partial charge in [-0.2, -0.15) is 0 Å². The molecule has 3 unspecified atom stereocenters. The van der Waals surface area contributed by atoms with Gasteiger partial charge in [0, 0.05) is 43.6 Å². The highest BCUT2D eigenvalue weighted by molar-refractivity contribution is 7.24. The van der Waals surface area contributed by atoms with Crippen LogP contribution in [0.3, 0.4) is 0 Å². The molecule has 16 heteroatoms. The van der Waals surface area contributed by atoms with E-state index in [2.05, 4.69) is 15.3 Å². The summed E-state index contributed by atoms with van der Waals surface area (Å²) in [6.07, 6.45) is -0.840. The summed E-state index contributed by atoms with van der Waals surface area (Å²) >= 11 is 0. The fraction of sp³-hybridized carbons (Fsp3) is 0.912. The van der Waals surface area contributed by atoms with Gasteiger partial charge in [0.05, 0.1) is 36.4 Å². The fourth-order valence-electron chi connectivity index (χ4n) is 7.42. The van der Waals surface area contributed by atoms with E-state index < -0.39 is 47.5 Å². The molecule has 0 aromatic heterocycles. The number of carbonyl (C=O) groups is 3. The molecule has 0 spiro atoms. The zero-order valence-corrected chi connectivity index (χ0v) is 32.6. The lowest BCUT2D eigenvalue weighted by molar-refractivity contribution is -0.252. The van der Waals surface area contributed by atoms with E-state index in [1.54, 1.807) is 18.9 Å². The van der Waals surface area contributed by atoms with Crippen molar-refractivity contribution in [2.24, 2.45) is 11.0 Å². The molecule has 1 amide bonds. The van der Waals surface area contributed by atoms with Crippen LogP contribution >= 0.6 is 8.46 Å². The lowest BCUT2D eigenvalue weighted by atomic mass is 9.83. The summed E-state index contributed by atoms with van der Waals surface area (Å²) in [7, 11) is 5.27. The van der Waals surface area contributed by atoms with Crippen LogP contribution in [0.4, 0.5) is 4.79 Å². The number of nitrogens with zero attached hydrogens (tertiary/aromatic N) is 5. The summed E-state index contributed by atoms with van der Waals surface area (Å²) in [5.74, 6) is -0.568. The van der Waals surface area contributed by atoms with Crippen LogP contribution in [0.1, 0.15) is 93.4 Å². The molecule has 2 N–H and O–H groups in total. The Hall–Kier alpha value is -2.22. The maximum absolute atomic E-state index is 13.1. The van der Waals surface area contributed by atoms with Crippen molar-refractivity contribution in [2.45, 2.75) is 153 Å². The molecule has 50 heavy (non-hydrogen) atoms. The lowest BCUT2D eigenvalue weighted by Gasteiger charge is -2.45. The smallest absolute Gasteiger partial charge is 0.410 e. The highest BCUT2D eigenvalue weighted by Gasteiger charge is 2.56. The van der Waals surface area contributed by atoms with Crippen molar-refractivity contribution in [3.8, 4) is 0 Å². The Morgan fingerprint density at radius 2 is 2.00 bits per heavy atom. The Labute approximate surface area is 299 Å². The van der Waals surface area contributed by atoms with Crippen molar-refractivity contribution < 1.29 is 43.0 Å². The third kappa shape index (κ3) is 11.6. The minimum Gasteiger partial charge on any atom is -0.438 e. The Bertz CT molecular complexity index is 1190. The van der Waals surface area contributed by atoms with Crippen LogP contribution in [0.2, 0.25) is 0 Å². The number of methoxy groups -OCH3 is 1. The number of rotatable bonds is 23. The number of azide groups is 1. The molecule has 0 radical (unpaired) electrons. The van der Waals surface area contributed by atoms with Gasteiger partial charge < -0.3 is 34.3 Å². The van der Waals surface area contributed by atoms with Gasteiger partial charge >= 0.3 is 6.09 Å².